The van der Waals surface area contributed by atoms with Crippen LogP contribution in [0.1, 0.15) is 23.3 Å². The highest BCUT2D eigenvalue weighted by Gasteiger charge is 2.25. The molecule has 2 aromatic rings. The van der Waals surface area contributed by atoms with Gasteiger partial charge in [0.15, 0.2) is 0 Å². The predicted molar refractivity (Wildman–Crippen MR) is 75.8 cm³/mol. The van der Waals surface area contributed by atoms with Crippen LogP contribution in [-0.4, -0.2) is 29.4 Å². The highest BCUT2D eigenvalue weighted by atomic mass is 16.2. The van der Waals surface area contributed by atoms with E-state index in [1.165, 1.54) is 12.8 Å². The summed E-state index contributed by atoms with van der Waals surface area (Å²) in [5.74, 6) is 1.04. The van der Waals surface area contributed by atoms with Gasteiger partial charge < -0.3 is 10.6 Å². The molecule has 98 valence electrons. The molecule has 1 heterocycles. The van der Waals surface area contributed by atoms with Crippen LogP contribution in [0.3, 0.4) is 0 Å². The number of nitrogens with two attached hydrogens (primary N) is 1. The van der Waals surface area contributed by atoms with Crippen LogP contribution in [0.5, 0.6) is 0 Å². The van der Waals surface area contributed by atoms with E-state index in [2.05, 4.69) is 4.98 Å². The Kier molecular flexibility index (Phi) is 2.85. The summed E-state index contributed by atoms with van der Waals surface area (Å²) in [5.41, 5.74) is 6.36. The number of carbonyl (C=O) groups excluding carboxylic acids is 1. The number of pyridine rings is 1. The van der Waals surface area contributed by atoms with Crippen molar-refractivity contribution in [3.8, 4) is 0 Å². The number of fused-ring (bicyclic) bond motifs is 1. The minimum Gasteiger partial charge on any atom is -0.383 e. The Morgan fingerprint density at radius 3 is 2.89 bits per heavy atom. The third kappa shape index (κ3) is 2.38. The zero-order valence-electron chi connectivity index (χ0n) is 11.0. The third-order valence-electron chi connectivity index (χ3n) is 3.56. The first-order valence-corrected chi connectivity index (χ1v) is 6.56. The standard InChI is InChI=1S/C15H17N3O/c1-18(9-10-6-7-10)15(19)13-8-11-4-2-3-5-12(11)14(16)17-13/h2-5,8,10H,6-7,9H2,1H3,(H2,16,17). The number of benzene rings is 1. The topological polar surface area (TPSA) is 59.2 Å². The zero-order valence-corrected chi connectivity index (χ0v) is 11.0. The van der Waals surface area contributed by atoms with Crippen LogP contribution in [0.2, 0.25) is 0 Å². The van der Waals surface area contributed by atoms with Gasteiger partial charge in [-0.3, -0.25) is 4.79 Å². The number of rotatable bonds is 3. The summed E-state index contributed by atoms with van der Waals surface area (Å²) in [7, 11) is 1.83. The Morgan fingerprint density at radius 1 is 1.42 bits per heavy atom. The Labute approximate surface area is 112 Å². The second-order valence-corrected chi connectivity index (χ2v) is 5.24. The van der Waals surface area contributed by atoms with Crippen molar-refractivity contribution in [2.75, 3.05) is 19.3 Å². The number of nitrogens with zero attached hydrogens (tertiary/aromatic N) is 2. The molecule has 0 saturated heterocycles. The van der Waals surface area contributed by atoms with Gasteiger partial charge in [-0.25, -0.2) is 4.98 Å². The second-order valence-electron chi connectivity index (χ2n) is 5.24. The van der Waals surface area contributed by atoms with E-state index in [1.807, 2.05) is 37.4 Å². The van der Waals surface area contributed by atoms with Crippen LogP contribution in [0.15, 0.2) is 30.3 Å². The molecule has 0 unspecified atom stereocenters. The first kappa shape index (κ1) is 12.0. The zero-order chi connectivity index (χ0) is 13.4. The third-order valence-corrected chi connectivity index (χ3v) is 3.56. The molecule has 1 aliphatic rings. The van der Waals surface area contributed by atoms with Gasteiger partial charge in [0, 0.05) is 19.0 Å². The van der Waals surface area contributed by atoms with Crippen molar-refractivity contribution >= 4 is 22.5 Å². The van der Waals surface area contributed by atoms with E-state index in [0.29, 0.717) is 17.4 Å². The van der Waals surface area contributed by atoms with Crippen LogP contribution in [0.25, 0.3) is 10.8 Å². The van der Waals surface area contributed by atoms with Crippen LogP contribution in [0.4, 0.5) is 5.82 Å². The molecule has 0 spiro atoms. The molecule has 1 fully saturated rings. The Bertz CT molecular complexity index is 634. The smallest absolute Gasteiger partial charge is 0.272 e. The number of amides is 1. The van der Waals surface area contributed by atoms with Gasteiger partial charge in [0.2, 0.25) is 0 Å². The molecule has 1 aromatic carbocycles. The van der Waals surface area contributed by atoms with E-state index in [-0.39, 0.29) is 5.91 Å². The lowest BCUT2D eigenvalue weighted by Gasteiger charge is -2.16. The Morgan fingerprint density at radius 2 is 2.16 bits per heavy atom. The van der Waals surface area contributed by atoms with E-state index >= 15 is 0 Å². The van der Waals surface area contributed by atoms with Crippen molar-refractivity contribution in [3.63, 3.8) is 0 Å². The molecule has 0 radical (unpaired) electrons. The fourth-order valence-electron chi connectivity index (χ4n) is 2.30. The summed E-state index contributed by atoms with van der Waals surface area (Å²) in [4.78, 5) is 18.3. The van der Waals surface area contributed by atoms with Gasteiger partial charge in [0.05, 0.1) is 0 Å². The molecular weight excluding hydrogens is 238 g/mol. The van der Waals surface area contributed by atoms with E-state index < -0.39 is 0 Å². The van der Waals surface area contributed by atoms with Gasteiger partial charge in [-0.15, -0.1) is 0 Å². The second kappa shape index (κ2) is 4.53. The Balaban J connectivity index is 1.93. The van der Waals surface area contributed by atoms with Crippen molar-refractivity contribution in [1.82, 2.24) is 9.88 Å². The summed E-state index contributed by atoms with van der Waals surface area (Å²) in [6.45, 7) is 0.813. The van der Waals surface area contributed by atoms with Crippen molar-refractivity contribution < 1.29 is 4.79 Å². The first-order valence-electron chi connectivity index (χ1n) is 6.56. The number of hydrogen-bond acceptors (Lipinski definition) is 3. The summed E-state index contributed by atoms with van der Waals surface area (Å²) >= 11 is 0. The number of carbonyl (C=O) groups is 1. The average Bonchev–Trinajstić information content (AvgIpc) is 3.21. The van der Waals surface area contributed by atoms with Crippen LogP contribution >= 0.6 is 0 Å². The molecule has 19 heavy (non-hydrogen) atoms. The SMILES string of the molecule is CN(CC1CC1)C(=O)c1cc2ccccc2c(N)n1. The lowest BCUT2D eigenvalue weighted by molar-refractivity contribution is 0.0783. The molecule has 1 saturated carbocycles. The summed E-state index contributed by atoms with van der Waals surface area (Å²) in [6.07, 6.45) is 2.45. The lowest BCUT2D eigenvalue weighted by atomic mass is 10.1. The fourth-order valence-corrected chi connectivity index (χ4v) is 2.30. The highest BCUT2D eigenvalue weighted by Crippen LogP contribution is 2.29. The number of nitrogen functional groups attached to an aromatic ring is 1. The molecule has 0 bridgehead atoms. The van der Waals surface area contributed by atoms with Crippen LogP contribution < -0.4 is 5.73 Å². The van der Waals surface area contributed by atoms with E-state index in [1.54, 1.807) is 4.90 Å². The molecular formula is C15H17N3O. The lowest BCUT2D eigenvalue weighted by Crippen LogP contribution is -2.29. The Hall–Kier alpha value is -2.10. The van der Waals surface area contributed by atoms with Gasteiger partial charge in [-0.05, 0) is 30.2 Å². The van der Waals surface area contributed by atoms with Gasteiger partial charge >= 0.3 is 0 Å². The first-order chi connectivity index (χ1) is 9.15. The molecule has 1 amide bonds. The summed E-state index contributed by atoms with van der Waals surface area (Å²) in [5, 5.41) is 1.85. The van der Waals surface area contributed by atoms with Gasteiger partial charge in [0.25, 0.3) is 5.91 Å². The van der Waals surface area contributed by atoms with E-state index in [4.69, 9.17) is 5.73 Å². The predicted octanol–water partition coefficient (Wildman–Crippen LogP) is 2.30. The molecule has 0 aliphatic heterocycles. The van der Waals surface area contributed by atoms with Gasteiger partial charge in [0.1, 0.15) is 11.5 Å². The van der Waals surface area contributed by atoms with Crippen molar-refractivity contribution in [1.29, 1.82) is 0 Å². The van der Waals surface area contributed by atoms with Gasteiger partial charge in [-0.2, -0.15) is 0 Å². The summed E-state index contributed by atoms with van der Waals surface area (Å²) < 4.78 is 0. The average molecular weight is 255 g/mol. The minimum absolute atomic E-state index is 0.0515. The quantitative estimate of drug-likeness (QED) is 0.915. The molecule has 1 aliphatic carbocycles. The molecule has 0 atom stereocenters. The number of anilines is 1. The van der Waals surface area contributed by atoms with Crippen LogP contribution in [0, 0.1) is 5.92 Å². The molecule has 3 rings (SSSR count). The number of hydrogen-bond donors (Lipinski definition) is 1. The van der Waals surface area contributed by atoms with E-state index in [9.17, 15) is 4.79 Å². The molecule has 2 N–H and O–H groups in total. The minimum atomic E-state index is -0.0515. The van der Waals surface area contributed by atoms with Crippen molar-refractivity contribution in [3.05, 3.63) is 36.0 Å². The maximum atomic E-state index is 12.3. The molecule has 1 aromatic heterocycles. The summed E-state index contributed by atoms with van der Waals surface area (Å²) in [6, 6.07) is 9.54. The largest absolute Gasteiger partial charge is 0.383 e. The fraction of sp³-hybridized carbons (Fsp3) is 0.333. The van der Waals surface area contributed by atoms with E-state index in [0.717, 1.165) is 17.3 Å². The molecule has 4 nitrogen and oxygen atoms in total. The molecule has 4 heteroatoms. The van der Waals surface area contributed by atoms with Crippen molar-refractivity contribution in [2.24, 2.45) is 5.92 Å². The van der Waals surface area contributed by atoms with Crippen LogP contribution in [-0.2, 0) is 0 Å². The monoisotopic (exact) mass is 255 g/mol. The van der Waals surface area contributed by atoms with Crippen molar-refractivity contribution in [2.45, 2.75) is 12.8 Å². The maximum absolute atomic E-state index is 12.3. The number of aromatic nitrogens is 1. The van der Waals surface area contributed by atoms with Gasteiger partial charge in [-0.1, -0.05) is 24.3 Å². The highest BCUT2D eigenvalue weighted by molar-refractivity contribution is 5.99. The maximum Gasteiger partial charge on any atom is 0.272 e. The normalized spacial score (nSPS) is 14.6.